The van der Waals surface area contributed by atoms with Gasteiger partial charge in [0.15, 0.2) is 0 Å². The highest BCUT2D eigenvalue weighted by Gasteiger charge is 2.21. The molecule has 1 aromatic heterocycles. The van der Waals surface area contributed by atoms with Crippen LogP contribution in [-0.2, 0) is 20.0 Å². The van der Waals surface area contributed by atoms with E-state index in [-0.39, 0.29) is 0 Å². The molecule has 1 unspecified atom stereocenters. The molecule has 1 rings (SSSR count). The Morgan fingerprint density at radius 1 is 1.50 bits per heavy atom. The Labute approximate surface area is 110 Å². The first-order valence-corrected chi connectivity index (χ1v) is 6.79. The lowest BCUT2D eigenvalue weighted by Crippen LogP contribution is -2.38. The van der Waals surface area contributed by atoms with Crippen LogP contribution in [0.4, 0.5) is 0 Å². The number of nitrogens with one attached hydrogen (secondary N) is 1. The van der Waals surface area contributed by atoms with Crippen LogP contribution in [0.2, 0.25) is 0 Å². The zero-order chi connectivity index (χ0) is 13.8. The lowest BCUT2D eigenvalue weighted by molar-refractivity contribution is 0.0382. The van der Waals surface area contributed by atoms with Crippen LogP contribution in [0.5, 0.6) is 0 Å². The van der Waals surface area contributed by atoms with E-state index >= 15 is 0 Å². The lowest BCUT2D eigenvalue weighted by Gasteiger charge is -2.25. The molecule has 0 spiro atoms. The highest BCUT2D eigenvalue weighted by molar-refractivity contribution is 5.09. The number of hydrogen-bond acceptors (Lipinski definition) is 3. The predicted octanol–water partition coefficient (Wildman–Crippen LogP) is 1.87. The highest BCUT2D eigenvalue weighted by Crippen LogP contribution is 2.15. The molecule has 0 saturated heterocycles. The van der Waals surface area contributed by atoms with Crippen molar-refractivity contribution >= 4 is 0 Å². The van der Waals surface area contributed by atoms with E-state index in [1.54, 1.807) is 0 Å². The quantitative estimate of drug-likeness (QED) is 0.780. The van der Waals surface area contributed by atoms with Gasteiger partial charge in [-0.1, -0.05) is 20.8 Å². The highest BCUT2D eigenvalue weighted by atomic mass is 16.3. The van der Waals surface area contributed by atoms with Crippen molar-refractivity contribution < 1.29 is 5.11 Å². The summed E-state index contributed by atoms with van der Waals surface area (Å²) in [5.41, 5.74) is 1.64. The largest absolute Gasteiger partial charge is 0.389 e. The summed E-state index contributed by atoms with van der Waals surface area (Å²) in [7, 11) is 1.96. The minimum absolute atomic E-state index is 0.505. The van der Waals surface area contributed by atoms with Gasteiger partial charge in [-0.25, -0.2) is 0 Å². The Morgan fingerprint density at radius 2 is 2.17 bits per heavy atom. The van der Waals surface area contributed by atoms with E-state index in [1.807, 2.05) is 18.7 Å². The van der Waals surface area contributed by atoms with Gasteiger partial charge in [0.2, 0.25) is 0 Å². The summed E-state index contributed by atoms with van der Waals surface area (Å²) < 4.78 is 1.91. The van der Waals surface area contributed by atoms with Crippen molar-refractivity contribution in [3.8, 4) is 0 Å². The van der Waals surface area contributed by atoms with Crippen molar-refractivity contribution in [2.45, 2.75) is 52.7 Å². The molecule has 0 aliphatic rings. The van der Waals surface area contributed by atoms with Crippen molar-refractivity contribution in [1.29, 1.82) is 0 Å². The van der Waals surface area contributed by atoms with E-state index in [1.165, 1.54) is 0 Å². The molecule has 0 aliphatic carbocycles. The van der Waals surface area contributed by atoms with E-state index in [0.717, 1.165) is 30.8 Å². The zero-order valence-corrected chi connectivity index (χ0v) is 12.3. The third-order valence-electron chi connectivity index (χ3n) is 3.05. The SMILES string of the molecule is CCc1cc(CNCC(C)(O)CC(C)C)n(C)n1. The third kappa shape index (κ3) is 4.78. The molecule has 18 heavy (non-hydrogen) atoms. The van der Waals surface area contributed by atoms with Crippen LogP contribution in [-0.4, -0.2) is 27.0 Å². The molecular weight excluding hydrogens is 226 g/mol. The van der Waals surface area contributed by atoms with Crippen LogP contribution in [0.15, 0.2) is 6.07 Å². The van der Waals surface area contributed by atoms with Gasteiger partial charge < -0.3 is 10.4 Å². The first-order chi connectivity index (χ1) is 8.34. The molecule has 1 atom stereocenters. The summed E-state index contributed by atoms with van der Waals surface area (Å²) in [5.74, 6) is 0.505. The summed E-state index contributed by atoms with van der Waals surface area (Å²) in [6.45, 7) is 9.61. The maximum Gasteiger partial charge on any atom is 0.0746 e. The molecule has 4 heteroatoms. The van der Waals surface area contributed by atoms with E-state index in [2.05, 4.69) is 37.3 Å². The fourth-order valence-corrected chi connectivity index (χ4v) is 2.32. The minimum Gasteiger partial charge on any atom is -0.389 e. The summed E-state index contributed by atoms with van der Waals surface area (Å²) in [6.07, 6.45) is 1.77. The summed E-state index contributed by atoms with van der Waals surface area (Å²) >= 11 is 0. The lowest BCUT2D eigenvalue weighted by atomic mass is 9.94. The normalized spacial score (nSPS) is 15.1. The Balaban J connectivity index is 2.43. The second kappa shape index (κ2) is 6.34. The molecule has 0 aromatic carbocycles. The van der Waals surface area contributed by atoms with Gasteiger partial charge in [-0.05, 0) is 31.7 Å². The Kier molecular flexibility index (Phi) is 5.35. The predicted molar refractivity (Wildman–Crippen MR) is 74.4 cm³/mol. The number of aryl methyl sites for hydroxylation is 2. The molecule has 0 amide bonds. The maximum atomic E-state index is 10.2. The van der Waals surface area contributed by atoms with E-state index in [0.29, 0.717) is 12.5 Å². The molecular formula is C14H27N3O. The van der Waals surface area contributed by atoms with Gasteiger partial charge >= 0.3 is 0 Å². The summed E-state index contributed by atoms with van der Waals surface area (Å²) in [6, 6.07) is 2.12. The monoisotopic (exact) mass is 253 g/mol. The van der Waals surface area contributed by atoms with Gasteiger partial charge in [0.25, 0.3) is 0 Å². The first kappa shape index (κ1) is 15.2. The Bertz CT molecular complexity index is 369. The Hall–Kier alpha value is -0.870. The molecule has 0 fully saturated rings. The number of aromatic nitrogens is 2. The number of aliphatic hydroxyl groups is 1. The van der Waals surface area contributed by atoms with Crippen molar-refractivity contribution in [1.82, 2.24) is 15.1 Å². The molecule has 2 N–H and O–H groups in total. The van der Waals surface area contributed by atoms with E-state index in [9.17, 15) is 5.11 Å². The van der Waals surface area contributed by atoms with Crippen LogP contribution in [0, 0.1) is 5.92 Å². The van der Waals surface area contributed by atoms with Crippen LogP contribution in [0.1, 0.15) is 45.5 Å². The number of hydrogen-bond donors (Lipinski definition) is 2. The summed E-state index contributed by atoms with van der Waals surface area (Å²) in [5, 5.41) is 17.9. The van der Waals surface area contributed by atoms with Gasteiger partial charge in [0.05, 0.1) is 17.0 Å². The van der Waals surface area contributed by atoms with Crippen LogP contribution >= 0.6 is 0 Å². The molecule has 0 radical (unpaired) electrons. The zero-order valence-electron chi connectivity index (χ0n) is 12.3. The second-order valence-electron chi connectivity index (χ2n) is 5.80. The van der Waals surface area contributed by atoms with Gasteiger partial charge in [-0.3, -0.25) is 4.68 Å². The smallest absolute Gasteiger partial charge is 0.0746 e. The number of rotatable bonds is 7. The van der Waals surface area contributed by atoms with Crippen molar-refractivity contribution in [2.75, 3.05) is 6.54 Å². The van der Waals surface area contributed by atoms with E-state index in [4.69, 9.17) is 0 Å². The average molecular weight is 253 g/mol. The number of nitrogens with zero attached hydrogens (tertiary/aromatic N) is 2. The fourth-order valence-electron chi connectivity index (χ4n) is 2.32. The van der Waals surface area contributed by atoms with Gasteiger partial charge in [-0.2, -0.15) is 5.10 Å². The van der Waals surface area contributed by atoms with Crippen LogP contribution in [0.3, 0.4) is 0 Å². The molecule has 0 bridgehead atoms. The van der Waals surface area contributed by atoms with Crippen molar-refractivity contribution in [3.63, 3.8) is 0 Å². The summed E-state index contributed by atoms with van der Waals surface area (Å²) in [4.78, 5) is 0. The molecule has 1 heterocycles. The molecule has 0 aliphatic heterocycles. The van der Waals surface area contributed by atoms with Gasteiger partial charge in [0.1, 0.15) is 0 Å². The van der Waals surface area contributed by atoms with Crippen molar-refractivity contribution in [2.24, 2.45) is 13.0 Å². The molecule has 0 saturated carbocycles. The van der Waals surface area contributed by atoms with Crippen LogP contribution < -0.4 is 5.32 Å². The first-order valence-electron chi connectivity index (χ1n) is 6.79. The van der Waals surface area contributed by atoms with Gasteiger partial charge in [0, 0.05) is 20.1 Å². The molecule has 1 aromatic rings. The van der Waals surface area contributed by atoms with Gasteiger partial charge in [-0.15, -0.1) is 0 Å². The third-order valence-corrected chi connectivity index (χ3v) is 3.05. The molecule has 4 nitrogen and oxygen atoms in total. The van der Waals surface area contributed by atoms with Crippen LogP contribution in [0.25, 0.3) is 0 Å². The van der Waals surface area contributed by atoms with Crippen molar-refractivity contribution in [3.05, 3.63) is 17.5 Å². The Morgan fingerprint density at radius 3 is 2.67 bits per heavy atom. The maximum absolute atomic E-state index is 10.2. The average Bonchev–Trinajstić information content (AvgIpc) is 2.57. The minimum atomic E-state index is -0.639. The second-order valence-corrected chi connectivity index (χ2v) is 5.80. The standard InChI is InChI=1S/C14H27N3O/c1-6-12-7-13(17(5)16-12)9-15-10-14(4,18)8-11(2)3/h7,11,15,18H,6,8-10H2,1-5H3. The molecule has 104 valence electrons. The topological polar surface area (TPSA) is 50.1 Å². The van der Waals surface area contributed by atoms with E-state index < -0.39 is 5.60 Å². The fraction of sp³-hybridized carbons (Fsp3) is 0.786.